The molecule has 1 aliphatic rings. The van der Waals surface area contributed by atoms with Crippen molar-refractivity contribution in [3.8, 4) is 0 Å². The maximum atomic E-state index is 3.80. The van der Waals surface area contributed by atoms with Gasteiger partial charge < -0.3 is 5.32 Å². The summed E-state index contributed by atoms with van der Waals surface area (Å²) >= 11 is 0. The average Bonchev–Trinajstić information content (AvgIpc) is 2.46. The van der Waals surface area contributed by atoms with Crippen LogP contribution in [0.15, 0.2) is 0 Å². The summed E-state index contributed by atoms with van der Waals surface area (Å²) in [7, 11) is 0. The second kappa shape index (κ2) is 11.8. The zero-order valence-electron chi connectivity index (χ0n) is 13.6. The van der Waals surface area contributed by atoms with Crippen molar-refractivity contribution < 1.29 is 0 Å². The summed E-state index contributed by atoms with van der Waals surface area (Å²) < 4.78 is 0. The van der Waals surface area contributed by atoms with Gasteiger partial charge in [0.25, 0.3) is 0 Å². The molecule has 1 heteroatoms. The molecule has 114 valence electrons. The lowest BCUT2D eigenvalue weighted by Crippen LogP contribution is -2.40. The number of rotatable bonds is 11. The Kier molecular flexibility index (Phi) is 10.5. The van der Waals surface area contributed by atoms with Crippen molar-refractivity contribution in [1.29, 1.82) is 0 Å². The van der Waals surface area contributed by atoms with Gasteiger partial charge in [0.1, 0.15) is 0 Å². The van der Waals surface area contributed by atoms with Crippen molar-refractivity contribution in [2.45, 2.75) is 103 Å². The van der Waals surface area contributed by atoms with E-state index < -0.39 is 0 Å². The van der Waals surface area contributed by atoms with Gasteiger partial charge >= 0.3 is 0 Å². The van der Waals surface area contributed by atoms with Crippen LogP contribution in [-0.2, 0) is 0 Å². The number of unbranched alkanes of at least 4 members (excludes halogenated alkanes) is 6. The lowest BCUT2D eigenvalue weighted by Gasteiger charge is -2.31. The molecule has 0 aromatic rings. The minimum atomic E-state index is 0.844. The predicted molar refractivity (Wildman–Crippen MR) is 86.6 cm³/mol. The van der Waals surface area contributed by atoms with E-state index in [1.165, 1.54) is 90.0 Å². The van der Waals surface area contributed by atoms with Crippen LogP contribution in [0.5, 0.6) is 0 Å². The van der Waals surface area contributed by atoms with Crippen LogP contribution < -0.4 is 5.32 Å². The molecule has 19 heavy (non-hydrogen) atoms. The highest BCUT2D eigenvalue weighted by Crippen LogP contribution is 2.26. The third-order valence-electron chi connectivity index (χ3n) is 4.77. The van der Waals surface area contributed by atoms with Gasteiger partial charge in [0.2, 0.25) is 0 Å². The third kappa shape index (κ3) is 7.97. The Bertz CT molecular complexity index is 172. The molecular weight excluding hydrogens is 230 g/mol. The third-order valence-corrected chi connectivity index (χ3v) is 4.77. The highest BCUT2D eigenvalue weighted by atomic mass is 14.9. The normalized spacial score (nSPS) is 20.1. The first-order chi connectivity index (χ1) is 9.38. The van der Waals surface area contributed by atoms with Crippen LogP contribution in [0.25, 0.3) is 0 Å². The first-order valence-electron chi connectivity index (χ1n) is 9.11. The fourth-order valence-electron chi connectivity index (χ4n) is 3.49. The molecule has 0 bridgehead atoms. The number of hydrogen-bond acceptors (Lipinski definition) is 1. The van der Waals surface area contributed by atoms with Gasteiger partial charge in [0, 0.05) is 6.04 Å². The number of nitrogens with one attached hydrogen (secondary N) is 1. The van der Waals surface area contributed by atoms with Gasteiger partial charge in [-0.05, 0) is 38.1 Å². The molecule has 0 spiro atoms. The van der Waals surface area contributed by atoms with Crippen molar-refractivity contribution >= 4 is 0 Å². The molecule has 1 heterocycles. The van der Waals surface area contributed by atoms with Crippen molar-refractivity contribution in [3.63, 3.8) is 0 Å². The molecule has 0 amide bonds. The first kappa shape index (κ1) is 17.0. The summed E-state index contributed by atoms with van der Waals surface area (Å²) in [5, 5.41) is 3.80. The quantitative estimate of drug-likeness (QED) is 0.474. The Hall–Kier alpha value is -0.0400. The summed E-state index contributed by atoms with van der Waals surface area (Å²) in [4.78, 5) is 0. The summed E-state index contributed by atoms with van der Waals surface area (Å²) in [6.45, 7) is 5.89. The molecule has 1 aliphatic heterocycles. The fraction of sp³-hybridized carbons (Fsp3) is 1.00. The highest BCUT2D eigenvalue weighted by Gasteiger charge is 2.22. The van der Waals surface area contributed by atoms with Crippen molar-refractivity contribution in [2.24, 2.45) is 5.92 Å². The van der Waals surface area contributed by atoms with Crippen LogP contribution >= 0.6 is 0 Å². The van der Waals surface area contributed by atoms with Gasteiger partial charge in [-0.15, -0.1) is 0 Å². The molecule has 0 aromatic carbocycles. The van der Waals surface area contributed by atoms with E-state index in [0.717, 1.165) is 12.0 Å². The molecule has 1 nitrogen and oxygen atoms in total. The van der Waals surface area contributed by atoms with Crippen LogP contribution in [0.2, 0.25) is 0 Å². The van der Waals surface area contributed by atoms with Crippen LogP contribution in [0.3, 0.4) is 0 Å². The number of piperidine rings is 1. The summed E-state index contributed by atoms with van der Waals surface area (Å²) in [5.74, 6) is 0.967. The standard InChI is InChI=1S/C18H37N/c1-3-5-7-9-13-17(14-10-8-6-4-2)18-15-11-12-16-19-18/h17-19H,3-16H2,1-2H3. The Morgan fingerprint density at radius 3 is 1.95 bits per heavy atom. The Morgan fingerprint density at radius 2 is 1.47 bits per heavy atom. The minimum Gasteiger partial charge on any atom is -0.314 e. The fourth-order valence-corrected chi connectivity index (χ4v) is 3.49. The van der Waals surface area contributed by atoms with Crippen molar-refractivity contribution in [2.75, 3.05) is 6.54 Å². The summed E-state index contributed by atoms with van der Waals surface area (Å²) in [5.41, 5.74) is 0. The van der Waals surface area contributed by atoms with Crippen LogP contribution in [0.1, 0.15) is 97.3 Å². The zero-order chi connectivity index (χ0) is 13.8. The summed E-state index contributed by atoms with van der Waals surface area (Å²) in [6.07, 6.45) is 18.7. The maximum absolute atomic E-state index is 3.80. The molecule has 1 saturated heterocycles. The molecule has 1 fully saturated rings. The molecule has 0 radical (unpaired) electrons. The van der Waals surface area contributed by atoms with Gasteiger partial charge in [0.05, 0.1) is 0 Å². The van der Waals surface area contributed by atoms with E-state index >= 15 is 0 Å². The molecule has 1 rings (SSSR count). The smallest absolute Gasteiger partial charge is 0.00953 e. The lowest BCUT2D eigenvalue weighted by molar-refractivity contribution is 0.256. The van der Waals surface area contributed by atoms with Gasteiger partial charge in [-0.3, -0.25) is 0 Å². The van der Waals surface area contributed by atoms with E-state index in [1.54, 1.807) is 0 Å². The Morgan fingerprint density at radius 1 is 0.842 bits per heavy atom. The molecule has 1 N–H and O–H groups in total. The minimum absolute atomic E-state index is 0.844. The van der Waals surface area contributed by atoms with Crippen LogP contribution in [-0.4, -0.2) is 12.6 Å². The first-order valence-corrected chi connectivity index (χ1v) is 9.11. The number of hydrogen-bond donors (Lipinski definition) is 1. The van der Waals surface area contributed by atoms with E-state index in [0.29, 0.717) is 0 Å². The van der Waals surface area contributed by atoms with E-state index in [2.05, 4.69) is 19.2 Å². The Labute approximate surface area is 121 Å². The van der Waals surface area contributed by atoms with Crippen molar-refractivity contribution in [3.05, 3.63) is 0 Å². The van der Waals surface area contributed by atoms with E-state index in [-0.39, 0.29) is 0 Å². The molecule has 1 unspecified atom stereocenters. The molecule has 1 atom stereocenters. The lowest BCUT2D eigenvalue weighted by atomic mass is 9.84. The molecule has 0 aromatic heterocycles. The van der Waals surface area contributed by atoms with Gasteiger partial charge in [-0.25, -0.2) is 0 Å². The van der Waals surface area contributed by atoms with Crippen LogP contribution in [0.4, 0.5) is 0 Å². The average molecular weight is 268 g/mol. The second-order valence-corrected chi connectivity index (χ2v) is 6.52. The maximum Gasteiger partial charge on any atom is 0.00953 e. The molecule has 0 aliphatic carbocycles. The molecule has 0 saturated carbocycles. The highest BCUT2D eigenvalue weighted by molar-refractivity contribution is 4.80. The summed E-state index contributed by atoms with van der Waals surface area (Å²) in [6, 6.07) is 0.844. The zero-order valence-corrected chi connectivity index (χ0v) is 13.6. The van der Waals surface area contributed by atoms with E-state index in [9.17, 15) is 0 Å². The predicted octanol–water partition coefficient (Wildman–Crippen LogP) is 5.69. The van der Waals surface area contributed by atoms with Crippen molar-refractivity contribution in [1.82, 2.24) is 5.32 Å². The second-order valence-electron chi connectivity index (χ2n) is 6.52. The van der Waals surface area contributed by atoms with Gasteiger partial charge in [0.15, 0.2) is 0 Å². The van der Waals surface area contributed by atoms with E-state index in [1.807, 2.05) is 0 Å². The molecular formula is C18H37N. The monoisotopic (exact) mass is 267 g/mol. The SMILES string of the molecule is CCCCCCC(CCCCCC)C1CCCCN1. The van der Waals surface area contributed by atoms with Gasteiger partial charge in [-0.2, -0.15) is 0 Å². The largest absolute Gasteiger partial charge is 0.314 e. The van der Waals surface area contributed by atoms with Crippen LogP contribution in [0, 0.1) is 5.92 Å². The topological polar surface area (TPSA) is 12.0 Å². The van der Waals surface area contributed by atoms with Gasteiger partial charge in [-0.1, -0.05) is 71.6 Å². The van der Waals surface area contributed by atoms with E-state index in [4.69, 9.17) is 0 Å². The Balaban J connectivity index is 2.24.